The molecule has 1 aliphatic heterocycles. The number of halogens is 3. The number of ether oxygens (including phenoxy) is 1. The topological polar surface area (TPSA) is 26.3 Å². The average molecular weight is 322 g/mol. The van der Waals surface area contributed by atoms with Gasteiger partial charge in [-0.3, -0.25) is 4.79 Å². The standard InChI is InChI=1S/C12H11BrClFO2/c1-6-2-3-11(17-6)12(16)7-4-9(14)8(13)5-10(7)15/h4-6,11H,2-3H2,1H3. The van der Waals surface area contributed by atoms with Gasteiger partial charge in [0.05, 0.1) is 16.7 Å². The van der Waals surface area contributed by atoms with Crippen LogP contribution in [0, 0.1) is 5.82 Å². The quantitative estimate of drug-likeness (QED) is 0.608. The van der Waals surface area contributed by atoms with Crippen molar-refractivity contribution in [2.24, 2.45) is 0 Å². The van der Waals surface area contributed by atoms with E-state index in [4.69, 9.17) is 16.3 Å². The van der Waals surface area contributed by atoms with Gasteiger partial charge in [0.1, 0.15) is 11.9 Å². The fourth-order valence-corrected chi connectivity index (χ4v) is 2.36. The van der Waals surface area contributed by atoms with E-state index in [1.807, 2.05) is 6.92 Å². The fourth-order valence-electron chi connectivity index (χ4n) is 1.88. The van der Waals surface area contributed by atoms with Crippen LogP contribution in [0.4, 0.5) is 4.39 Å². The summed E-state index contributed by atoms with van der Waals surface area (Å²) in [5.74, 6) is -0.907. The first-order valence-corrected chi connectivity index (χ1v) is 6.50. The Morgan fingerprint density at radius 3 is 2.82 bits per heavy atom. The van der Waals surface area contributed by atoms with Crippen LogP contribution < -0.4 is 0 Å². The molecule has 2 atom stereocenters. The smallest absolute Gasteiger partial charge is 0.194 e. The van der Waals surface area contributed by atoms with Crippen molar-refractivity contribution in [3.05, 3.63) is 33.0 Å². The Labute approximate surface area is 112 Å². The van der Waals surface area contributed by atoms with Gasteiger partial charge >= 0.3 is 0 Å². The first-order valence-electron chi connectivity index (χ1n) is 5.33. The predicted octanol–water partition coefficient (Wildman–Crippen LogP) is 3.99. The summed E-state index contributed by atoms with van der Waals surface area (Å²) in [5.41, 5.74) is -0.00250. The van der Waals surface area contributed by atoms with Gasteiger partial charge in [-0.15, -0.1) is 0 Å². The lowest BCUT2D eigenvalue weighted by Gasteiger charge is -2.11. The number of hydrogen-bond acceptors (Lipinski definition) is 2. The second-order valence-electron chi connectivity index (χ2n) is 4.12. The molecule has 5 heteroatoms. The minimum atomic E-state index is -0.575. The number of carbonyl (C=O) groups is 1. The van der Waals surface area contributed by atoms with Gasteiger partial charge in [0, 0.05) is 4.47 Å². The van der Waals surface area contributed by atoms with Gasteiger partial charge in [-0.1, -0.05) is 11.6 Å². The third-order valence-corrected chi connectivity index (χ3v) is 4.00. The van der Waals surface area contributed by atoms with E-state index in [0.29, 0.717) is 15.9 Å². The van der Waals surface area contributed by atoms with Crippen LogP contribution in [0.5, 0.6) is 0 Å². The molecule has 17 heavy (non-hydrogen) atoms. The van der Waals surface area contributed by atoms with Crippen molar-refractivity contribution in [1.29, 1.82) is 0 Å². The number of benzene rings is 1. The van der Waals surface area contributed by atoms with Crippen LogP contribution in [-0.2, 0) is 4.74 Å². The summed E-state index contributed by atoms with van der Waals surface area (Å²) < 4.78 is 19.5. The molecule has 0 aliphatic carbocycles. The van der Waals surface area contributed by atoms with Crippen molar-refractivity contribution < 1.29 is 13.9 Å². The molecule has 1 saturated heterocycles. The van der Waals surface area contributed by atoms with Crippen molar-refractivity contribution in [3.8, 4) is 0 Å². The molecule has 0 amide bonds. The fraction of sp³-hybridized carbons (Fsp3) is 0.417. The molecule has 1 heterocycles. The van der Waals surface area contributed by atoms with Crippen LogP contribution in [0.1, 0.15) is 30.1 Å². The van der Waals surface area contributed by atoms with Crippen LogP contribution >= 0.6 is 27.5 Å². The van der Waals surface area contributed by atoms with Crippen LogP contribution in [0.25, 0.3) is 0 Å². The lowest BCUT2D eigenvalue weighted by molar-refractivity contribution is 0.0430. The molecular formula is C12H11BrClFO2. The maximum absolute atomic E-state index is 13.7. The normalized spacial score (nSPS) is 24.0. The van der Waals surface area contributed by atoms with Gasteiger partial charge < -0.3 is 4.74 Å². The van der Waals surface area contributed by atoms with Crippen molar-refractivity contribution in [1.82, 2.24) is 0 Å². The van der Waals surface area contributed by atoms with Crippen LogP contribution in [0.15, 0.2) is 16.6 Å². The van der Waals surface area contributed by atoms with Gasteiger partial charge in [0.25, 0.3) is 0 Å². The molecule has 0 spiro atoms. The Balaban J connectivity index is 2.28. The molecule has 1 aliphatic rings. The molecule has 0 saturated carbocycles. The number of carbonyl (C=O) groups excluding carboxylic acids is 1. The monoisotopic (exact) mass is 320 g/mol. The Morgan fingerprint density at radius 2 is 2.24 bits per heavy atom. The molecule has 1 aromatic carbocycles. The zero-order chi connectivity index (χ0) is 12.6. The van der Waals surface area contributed by atoms with E-state index < -0.39 is 11.9 Å². The molecule has 2 unspecified atom stereocenters. The minimum absolute atomic E-state index is 0.00250. The number of Topliss-reactive ketones (excluding diaryl/α,β-unsaturated/α-hetero) is 1. The average Bonchev–Trinajstić information content (AvgIpc) is 2.69. The van der Waals surface area contributed by atoms with E-state index in [0.717, 1.165) is 6.42 Å². The molecule has 1 aromatic rings. The summed E-state index contributed by atoms with van der Waals surface area (Å²) >= 11 is 8.97. The van der Waals surface area contributed by atoms with Crippen molar-refractivity contribution in [2.45, 2.75) is 32.0 Å². The molecule has 2 nitrogen and oxygen atoms in total. The zero-order valence-corrected chi connectivity index (χ0v) is 11.5. The minimum Gasteiger partial charge on any atom is -0.367 e. The van der Waals surface area contributed by atoms with Gasteiger partial charge in [0.15, 0.2) is 5.78 Å². The molecule has 0 N–H and O–H groups in total. The van der Waals surface area contributed by atoms with Crippen LogP contribution in [-0.4, -0.2) is 18.0 Å². The van der Waals surface area contributed by atoms with Crippen molar-refractivity contribution in [3.63, 3.8) is 0 Å². The van der Waals surface area contributed by atoms with Crippen LogP contribution in [0.2, 0.25) is 5.02 Å². The van der Waals surface area contributed by atoms with Crippen LogP contribution in [0.3, 0.4) is 0 Å². The molecule has 0 aromatic heterocycles. The van der Waals surface area contributed by atoms with Gasteiger partial charge in [-0.25, -0.2) is 4.39 Å². The maximum atomic E-state index is 13.7. The molecule has 1 fully saturated rings. The summed E-state index contributed by atoms with van der Waals surface area (Å²) in [6.45, 7) is 1.90. The highest BCUT2D eigenvalue weighted by Gasteiger charge is 2.30. The first kappa shape index (κ1) is 13.0. The Kier molecular flexibility index (Phi) is 3.85. The summed E-state index contributed by atoms with van der Waals surface area (Å²) in [5, 5.41) is 0.320. The second kappa shape index (κ2) is 5.04. The van der Waals surface area contributed by atoms with E-state index in [2.05, 4.69) is 15.9 Å². The summed E-state index contributed by atoms with van der Waals surface area (Å²) in [6.07, 6.45) is 0.963. The lowest BCUT2D eigenvalue weighted by atomic mass is 10.0. The molecule has 0 radical (unpaired) electrons. The Bertz CT molecular complexity index is 464. The molecule has 0 bridgehead atoms. The molecule has 92 valence electrons. The summed E-state index contributed by atoms with van der Waals surface area (Å²) in [7, 11) is 0. The first-order chi connectivity index (χ1) is 7.99. The van der Waals surface area contributed by atoms with Gasteiger partial charge in [0.2, 0.25) is 0 Å². The largest absolute Gasteiger partial charge is 0.367 e. The third-order valence-electron chi connectivity index (χ3n) is 2.80. The highest BCUT2D eigenvalue weighted by Crippen LogP contribution is 2.29. The predicted molar refractivity (Wildman–Crippen MR) is 67.0 cm³/mol. The van der Waals surface area contributed by atoms with E-state index in [9.17, 15) is 9.18 Å². The van der Waals surface area contributed by atoms with Gasteiger partial charge in [-0.2, -0.15) is 0 Å². The Morgan fingerprint density at radius 1 is 1.53 bits per heavy atom. The number of ketones is 1. The highest BCUT2D eigenvalue weighted by atomic mass is 79.9. The van der Waals surface area contributed by atoms with Crippen molar-refractivity contribution >= 4 is 33.3 Å². The third kappa shape index (κ3) is 2.69. The van der Waals surface area contributed by atoms with Gasteiger partial charge in [-0.05, 0) is 47.8 Å². The van der Waals surface area contributed by atoms with E-state index >= 15 is 0 Å². The highest BCUT2D eigenvalue weighted by molar-refractivity contribution is 9.10. The van der Waals surface area contributed by atoms with E-state index in [-0.39, 0.29) is 17.5 Å². The SMILES string of the molecule is CC1CCC(C(=O)c2cc(Cl)c(Br)cc2F)O1. The summed E-state index contributed by atoms with van der Waals surface area (Å²) in [6, 6.07) is 2.55. The summed E-state index contributed by atoms with van der Waals surface area (Å²) in [4.78, 5) is 12.0. The maximum Gasteiger partial charge on any atom is 0.194 e. The van der Waals surface area contributed by atoms with E-state index in [1.165, 1.54) is 12.1 Å². The zero-order valence-electron chi connectivity index (χ0n) is 9.17. The van der Waals surface area contributed by atoms with E-state index in [1.54, 1.807) is 0 Å². The molecule has 2 rings (SSSR count). The second-order valence-corrected chi connectivity index (χ2v) is 5.38. The number of rotatable bonds is 2. The van der Waals surface area contributed by atoms with Crippen molar-refractivity contribution in [2.75, 3.05) is 0 Å². The Hall–Kier alpha value is -0.450. The lowest BCUT2D eigenvalue weighted by Crippen LogP contribution is -2.22. The molecular weight excluding hydrogens is 310 g/mol. The number of hydrogen-bond donors (Lipinski definition) is 0.